The topological polar surface area (TPSA) is 209 Å². The van der Waals surface area contributed by atoms with Gasteiger partial charge in [-0.2, -0.15) is 0 Å². The van der Waals surface area contributed by atoms with Crippen LogP contribution in [-0.4, -0.2) is 104 Å². The molecule has 0 amide bonds. The summed E-state index contributed by atoms with van der Waals surface area (Å²) in [5.74, 6) is -0.203. The number of benzene rings is 1. The molecule has 2 aromatic rings. The number of aliphatic hydroxyl groups is 6. The first-order valence-electron chi connectivity index (χ1n) is 10.9. The lowest BCUT2D eigenvalue weighted by atomic mass is 9.98. The van der Waals surface area contributed by atoms with Gasteiger partial charge in [0, 0.05) is 18.2 Å². The fourth-order valence-corrected chi connectivity index (χ4v) is 4.06. The highest BCUT2D eigenvalue weighted by molar-refractivity contribution is 5.84. The third-order valence-electron chi connectivity index (χ3n) is 6.06. The van der Waals surface area contributed by atoms with Crippen LogP contribution in [0.25, 0.3) is 11.0 Å². The second kappa shape index (κ2) is 9.97. The van der Waals surface area contributed by atoms with Crippen molar-refractivity contribution in [3.05, 3.63) is 34.2 Å². The quantitative estimate of drug-likeness (QED) is 0.234. The van der Waals surface area contributed by atoms with Gasteiger partial charge in [-0.25, -0.2) is 0 Å². The Kier molecular flexibility index (Phi) is 7.33. The lowest BCUT2D eigenvalue weighted by molar-refractivity contribution is -0.318. The minimum atomic E-state index is -1.72. The molecule has 13 heteroatoms. The maximum absolute atomic E-state index is 12.1. The summed E-state index contributed by atoms with van der Waals surface area (Å²) >= 11 is 0. The average molecular weight is 500 g/mol. The summed E-state index contributed by atoms with van der Waals surface area (Å²) in [6.45, 7) is 2.56. The lowest BCUT2D eigenvalue weighted by Gasteiger charge is -2.42. The van der Waals surface area contributed by atoms with Crippen molar-refractivity contribution < 1.29 is 59.1 Å². The smallest absolute Gasteiger partial charge is 0.229 e. The fourth-order valence-electron chi connectivity index (χ4n) is 4.06. The predicted molar refractivity (Wildman–Crippen MR) is 115 cm³/mol. The lowest BCUT2D eigenvalue weighted by Crippen LogP contribution is -2.61. The number of aliphatic hydroxyl groups excluding tert-OH is 6. The molecule has 4 rings (SSSR count). The molecule has 194 valence electrons. The van der Waals surface area contributed by atoms with E-state index in [0.717, 1.165) is 6.07 Å². The Morgan fingerprint density at radius 2 is 1.51 bits per heavy atom. The number of phenolic OH excluding ortho intramolecular Hbond substituents is 1. The zero-order valence-electron chi connectivity index (χ0n) is 18.8. The van der Waals surface area contributed by atoms with Crippen molar-refractivity contribution in [2.24, 2.45) is 0 Å². The van der Waals surface area contributed by atoms with E-state index in [9.17, 15) is 40.5 Å². The summed E-state index contributed by atoms with van der Waals surface area (Å²) < 4.78 is 27.3. The normalized spacial score (nSPS) is 37.9. The van der Waals surface area contributed by atoms with E-state index in [1.165, 1.54) is 19.1 Å². The Bertz CT molecular complexity index is 1100. The number of rotatable bonds is 5. The van der Waals surface area contributed by atoms with Crippen molar-refractivity contribution in [2.75, 3.05) is 6.61 Å². The van der Waals surface area contributed by atoms with Crippen LogP contribution in [0.4, 0.5) is 0 Å². The van der Waals surface area contributed by atoms with E-state index in [0.29, 0.717) is 5.76 Å². The van der Waals surface area contributed by atoms with Gasteiger partial charge in [-0.1, -0.05) is 0 Å². The average Bonchev–Trinajstić information content (AvgIpc) is 2.79. The highest BCUT2D eigenvalue weighted by atomic mass is 16.7. The Morgan fingerprint density at radius 3 is 2.23 bits per heavy atom. The standard InChI is InChI=1S/C22H28O13/c1-7-3-10(23)14-11(24)4-9(5-12(14)32-7)34-22-20(30)18(28)16(26)13(35-22)6-31-21-19(29)17(27)15(25)8(2)33-21/h3-5,8,13,15-22,24-30H,6H2,1-2H3/t8-,13+,15-,16+,17+,18-,19+,20+,21+,22+/m0/s1. The largest absolute Gasteiger partial charge is 0.507 e. The molecule has 0 spiro atoms. The molecular weight excluding hydrogens is 472 g/mol. The molecule has 0 radical (unpaired) electrons. The van der Waals surface area contributed by atoms with Gasteiger partial charge in [0.25, 0.3) is 0 Å². The first-order chi connectivity index (χ1) is 16.5. The number of phenols is 1. The highest BCUT2D eigenvalue weighted by Crippen LogP contribution is 2.32. The van der Waals surface area contributed by atoms with Crippen LogP contribution in [-0.2, 0) is 14.2 Å². The Hall–Kier alpha value is -2.33. The first-order valence-corrected chi connectivity index (χ1v) is 10.9. The minimum absolute atomic E-state index is 0.0223. The van der Waals surface area contributed by atoms with Gasteiger partial charge in [0.2, 0.25) is 6.29 Å². The van der Waals surface area contributed by atoms with Gasteiger partial charge in [0.1, 0.15) is 71.0 Å². The molecule has 0 saturated carbocycles. The van der Waals surface area contributed by atoms with E-state index in [2.05, 4.69) is 0 Å². The van der Waals surface area contributed by atoms with E-state index in [4.69, 9.17) is 23.4 Å². The molecule has 0 aliphatic carbocycles. The van der Waals surface area contributed by atoms with Crippen LogP contribution in [0.15, 0.2) is 27.4 Å². The fraction of sp³-hybridized carbons (Fsp3) is 0.591. The molecule has 0 bridgehead atoms. The zero-order valence-corrected chi connectivity index (χ0v) is 18.8. The van der Waals surface area contributed by atoms with Crippen LogP contribution < -0.4 is 10.2 Å². The van der Waals surface area contributed by atoms with Crippen LogP contribution in [0.3, 0.4) is 0 Å². The van der Waals surface area contributed by atoms with E-state index in [1.54, 1.807) is 6.92 Å². The molecule has 0 unspecified atom stereocenters. The van der Waals surface area contributed by atoms with Gasteiger partial charge in [-0.3, -0.25) is 4.79 Å². The van der Waals surface area contributed by atoms with Gasteiger partial charge in [-0.05, 0) is 13.8 Å². The van der Waals surface area contributed by atoms with Crippen LogP contribution in [0.2, 0.25) is 0 Å². The van der Waals surface area contributed by atoms with Crippen LogP contribution in [0, 0.1) is 6.92 Å². The SMILES string of the molecule is Cc1cc(=O)c2c(O)cc(O[C@@H]3O[C@H](CO[C@@H]4O[C@@H](C)[C@H](O)[C@@H](O)[C@H]4O)[C@@H](O)[C@H](O)[C@H]3O)cc2o1. The third kappa shape index (κ3) is 5.00. The number of ether oxygens (including phenoxy) is 4. The monoisotopic (exact) mass is 500 g/mol. The molecule has 35 heavy (non-hydrogen) atoms. The third-order valence-corrected chi connectivity index (χ3v) is 6.06. The van der Waals surface area contributed by atoms with Crippen molar-refractivity contribution in [1.29, 1.82) is 0 Å². The molecule has 7 N–H and O–H groups in total. The predicted octanol–water partition coefficient (Wildman–Crippen LogP) is -2.16. The second-order valence-electron chi connectivity index (χ2n) is 8.68. The van der Waals surface area contributed by atoms with Gasteiger partial charge in [-0.15, -0.1) is 0 Å². The van der Waals surface area contributed by atoms with E-state index >= 15 is 0 Å². The van der Waals surface area contributed by atoms with Crippen molar-refractivity contribution in [3.8, 4) is 11.5 Å². The second-order valence-corrected chi connectivity index (χ2v) is 8.68. The minimum Gasteiger partial charge on any atom is -0.507 e. The van der Waals surface area contributed by atoms with Crippen LogP contribution in [0.1, 0.15) is 12.7 Å². The van der Waals surface area contributed by atoms with Crippen molar-refractivity contribution >= 4 is 11.0 Å². The molecule has 1 aromatic heterocycles. The molecule has 2 aliphatic rings. The molecule has 1 aromatic carbocycles. The summed E-state index contributed by atoms with van der Waals surface area (Å²) in [6, 6.07) is 3.61. The van der Waals surface area contributed by atoms with Crippen molar-refractivity contribution in [2.45, 2.75) is 75.3 Å². The molecule has 3 heterocycles. The van der Waals surface area contributed by atoms with Gasteiger partial charge in [0.05, 0.1) is 12.7 Å². The Labute approximate surface area is 198 Å². The zero-order chi connectivity index (χ0) is 25.6. The first kappa shape index (κ1) is 25.8. The van der Waals surface area contributed by atoms with Crippen molar-refractivity contribution in [3.63, 3.8) is 0 Å². The summed E-state index contributed by atoms with van der Waals surface area (Å²) in [5.41, 5.74) is -0.439. The number of fused-ring (bicyclic) bond motifs is 1. The maximum Gasteiger partial charge on any atom is 0.229 e. The summed E-state index contributed by atoms with van der Waals surface area (Å²) in [6.07, 6.45) is -14.6. The summed E-state index contributed by atoms with van der Waals surface area (Å²) in [7, 11) is 0. The van der Waals surface area contributed by atoms with Crippen LogP contribution >= 0.6 is 0 Å². The van der Waals surface area contributed by atoms with Gasteiger partial charge in [0.15, 0.2) is 11.7 Å². The van der Waals surface area contributed by atoms with Crippen molar-refractivity contribution in [1.82, 2.24) is 0 Å². The Balaban J connectivity index is 1.49. The highest BCUT2D eigenvalue weighted by Gasteiger charge is 2.47. The maximum atomic E-state index is 12.1. The molecular formula is C22H28O13. The summed E-state index contributed by atoms with van der Waals surface area (Å²) in [4.78, 5) is 12.1. The molecule has 2 saturated heterocycles. The van der Waals surface area contributed by atoms with Crippen LogP contribution in [0.5, 0.6) is 11.5 Å². The van der Waals surface area contributed by atoms with E-state index in [-0.39, 0.29) is 16.7 Å². The molecule has 13 nitrogen and oxygen atoms in total. The number of hydrogen-bond acceptors (Lipinski definition) is 13. The number of aromatic hydroxyl groups is 1. The molecule has 10 atom stereocenters. The molecule has 2 aliphatic heterocycles. The van der Waals surface area contributed by atoms with E-state index in [1.807, 2.05) is 0 Å². The van der Waals surface area contributed by atoms with Gasteiger partial charge < -0.3 is 59.1 Å². The van der Waals surface area contributed by atoms with E-state index < -0.39 is 79.2 Å². The summed E-state index contributed by atoms with van der Waals surface area (Å²) in [5, 5.41) is 70.9. The number of aryl methyl sites for hydroxylation is 1. The molecule has 2 fully saturated rings. The Morgan fingerprint density at radius 1 is 0.857 bits per heavy atom. The number of hydrogen-bond donors (Lipinski definition) is 7. The van der Waals surface area contributed by atoms with Gasteiger partial charge >= 0.3 is 0 Å².